The van der Waals surface area contributed by atoms with Gasteiger partial charge in [0.05, 0.1) is 11.4 Å². The number of fused-ring (bicyclic) bond motifs is 10. The molecule has 0 atom stereocenters. The first-order valence-electron chi connectivity index (χ1n) is 33.2. The topological polar surface area (TPSA) is 28.7 Å². The third-order valence-corrected chi connectivity index (χ3v) is 23.8. The third kappa shape index (κ3) is 8.61. The van der Waals surface area contributed by atoms with Crippen LogP contribution in [-0.2, 0) is 0 Å². The molecular formula is C86H62B2N6OSi. The number of hydrogen-bond acceptors (Lipinski definition) is 7. The van der Waals surface area contributed by atoms with Crippen molar-refractivity contribution in [2.45, 2.75) is 13.1 Å². The van der Waals surface area contributed by atoms with Crippen LogP contribution in [0.15, 0.2) is 340 Å². The van der Waals surface area contributed by atoms with Crippen molar-refractivity contribution in [1.29, 1.82) is 0 Å². The van der Waals surface area contributed by atoms with Gasteiger partial charge < -0.3 is 34.1 Å². The van der Waals surface area contributed by atoms with E-state index in [2.05, 4.69) is 382 Å². The van der Waals surface area contributed by atoms with E-state index >= 15 is 0 Å². The van der Waals surface area contributed by atoms with Gasteiger partial charge in [0, 0.05) is 103 Å². The van der Waals surface area contributed by atoms with Crippen LogP contribution in [0, 0.1) is 0 Å². The highest BCUT2D eigenvalue weighted by Gasteiger charge is 2.50. The molecule has 14 aromatic carbocycles. The van der Waals surface area contributed by atoms with E-state index in [1.807, 2.05) is 0 Å². The van der Waals surface area contributed by atoms with Gasteiger partial charge in [-0.25, -0.2) is 0 Å². The zero-order chi connectivity index (χ0) is 63.6. The van der Waals surface area contributed by atoms with Crippen molar-refractivity contribution in [3.8, 4) is 11.5 Å². The summed E-state index contributed by atoms with van der Waals surface area (Å²) in [5.41, 5.74) is 26.9. The van der Waals surface area contributed by atoms with Gasteiger partial charge in [0.15, 0.2) is 0 Å². The Bertz CT molecular complexity index is 5270. The van der Waals surface area contributed by atoms with Gasteiger partial charge in [0.25, 0.3) is 13.4 Å². The molecule has 0 amide bonds. The predicted molar refractivity (Wildman–Crippen MR) is 407 cm³/mol. The average Bonchev–Trinajstić information content (AvgIpc) is 0.691. The summed E-state index contributed by atoms with van der Waals surface area (Å²) < 4.78 is 7.93. The molecule has 10 heteroatoms. The Balaban J connectivity index is 0.921. The second-order valence-corrected chi connectivity index (χ2v) is 30.3. The molecule has 0 N–H and O–H groups in total. The second-order valence-electron chi connectivity index (χ2n) is 26.0. The SMILES string of the molecule is C[Si]1(C)c2ccccc2N(c2ccccc2)c2cc3c(cc21)B1c2cc4c(cc2Oc2cc(N(c5ccccc5)c5ccccc5)cc(c21)N3c1ccccc1)N(c1ccccc1)c1cc(N(c2ccccc2)c2ccccc2)cc2c1B4c1ccccc1N2c1ccccc1. The molecular weight excluding hydrogens is 1180 g/mol. The Morgan fingerprint density at radius 1 is 0.250 bits per heavy atom. The van der Waals surface area contributed by atoms with E-state index in [1.54, 1.807) is 0 Å². The van der Waals surface area contributed by atoms with Gasteiger partial charge in [0.2, 0.25) is 0 Å². The van der Waals surface area contributed by atoms with Crippen LogP contribution in [0.1, 0.15) is 0 Å². The van der Waals surface area contributed by atoms with Gasteiger partial charge in [-0.3, -0.25) is 0 Å². The Morgan fingerprint density at radius 2 is 0.615 bits per heavy atom. The maximum atomic E-state index is 7.93. The van der Waals surface area contributed by atoms with Crippen molar-refractivity contribution in [2.24, 2.45) is 0 Å². The van der Waals surface area contributed by atoms with Gasteiger partial charge in [-0.15, -0.1) is 0 Å². The Hall–Kier alpha value is -12.0. The first kappa shape index (κ1) is 55.6. The summed E-state index contributed by atoms with van der Waals surface area (Å²) >= 11 is 0. The molecule has 96 heavy (non-hydrogen) atoms. The highest BCUT2D eigenvalue weighted by molar-refractivity contribution is 7.05. The Morgan fingerprint density at radius 3 is 1.10 bits per heavy atom. The van der Waals surface area contributed by atoms with E-state index < -0.39 is 8.07 Å². The summed E-state index contributed by atoms with van der Waals surface area (Å²) in [6, 6.07) is 125. The van der Waals surface area contributed by atoms with Gasteiger partial charge in [-0.2, -0.15) is 0 Å². The fourth-order valence-corrected chi connectivity index (χ4v) is 19.2. The molecule has 0 saturated heterocycles. The quantitative estimate of drug-likeness (QED) is 0.126. The smallest absolute Gasteiger partial charge is 0.256 e. The lowest BCUT2D eigenvalue weighted by Gasteiger charge is -2.47. The van der Waals surface area contributed by atoms with E-state index in [9.17, 15) is 0 Å². The number of para-hydroxylation sites is 10. The first-order valence-corrected chi connectivity index (χ1v) is 36.2. The van der Waals surface area contributed by atoms with Gasteiger partial charge in [-0.05, 0) is 177 Å². The van der Waals surface area contributed by atoms with Crippen LogP contribution in [0.4, 0.5) is 102 Å². The van der Waals surface area contributed by atoms with E-state index in [0.29, 0.717) is 0 Å². The predicted octanol–water partition coefficient (Wildman–Crippen LogP) is 17.7. The zero-order valence-electron chi connectivity index (χ0n) is 53.1. The molecule has 0 fully saturated rings. The molecule has 0 spiro atoms. The number of hydrogen-bond donors (Lipinski definition) is 0. The van der Waals surface area contributed by atoms with E-state index in [1.165, 1.54) is 43.6 Å². The highest BCUT2D eigenvalue weighted by Crippen LogP contribution is 2.52. The minimum absolute atomic E-state index is 0.189. The fraction of sp³-hybridized carbons (Fsp3) is 0.0233. The maximum absolute atomic E-state index is 7.93. The van der Waals surface area contributed by atoms with Crippen molar-refractivity contribution in [1.82, 2.24) is 0 Å². The molecule has 19 rings (SSSR count). The largest absolute Gasteiger partial charge is 0.458 e. The summed E-state index contributed by atoms with van der Waals surface area (Å²) in [4.78, 5) is 14.9. The summed E-state index contributed by atoms with van der Waals surface area (Å²) in [5.74, 6) is 1.65. The zero-order valence-corrected chi connectivity index (χ0v) is 54.1. The monoisotopic (exact) mass is 1240 g/mol. The van der Waals surface area contributed by atoms with Crippen LogP contribution in [-0.4, -0.2) is 21.5 Å². The van der Waals surface area contributed by atoms with Crippen LogP contribution >= 0.6 is 0 Å². The van der Waals surface area contributed by atoms with Crippen molar-refractivity contribution in [3.63, 3.8) is 0 Å². The molecule has 0 saturated carbocycles. The summed E-state index contributed by atoms with van der Waals surface area (Å²) in [7, 11) is -2.46. The average molecular weight is 1250 g/mol. The summed E-state index contributed by atoms with van der Waals surface area (Å²) in [5, 5.41) is 2.82. The van der Waals surface area contributed by atoms with Crippen LogP contribution < -0.4 is 77.3 Å². The normalized spacial score (nSPS) is 13.8. The second kappa shape index (κ2) is 22.1. The summed E-state index contributed by atoms with van der Waals surface area (Å²) in [6.07, 6.45) is 0. The lowest BCUT2D eigenvalue weighted by Crippen LogP contribution is -2.65. The molecule has 0 bridgehead atoms. The van der Waals surface area contributed by atoms with Crippen LogP contribution in [0.25, 0.3) is 0 Å². The number of benzene rings is 14. The van der Waals surface area contributed by atoms with Crippen molar-refractivity contribution in [3.05, 3.63) is 340 Å². The van der Waals surface area contributed by atoms with E-state index in [4.69, 9.17) is 4.74 Å². The molecule has 5 aliphatic heterocycles. The van der Waals surface area contributed by atoms with Crippen LogP contribution in [0.2, 0.25) is 13.1 Å². The minimum Gasteiger partial charge on any atom is -0.458 e. The molecule has 0 unspecified atom stereocenters. The van der Waals surface area contributed by atoms with Crippen LogP contribution in [0.5, 0.6) is 11.5 Å². The molecule has 0 aromatic heterocycles. The van der Waals surface area contributed by atoms with Crippen molar-refractivity contribution < 1.29 is 4.74 Å². The maximum Gasteiger partial charge on any atom is 0.256 e. The van der Waals surface area contributed by atoms with Gasteiger partial charge in [-0.1, -0.05) is 207 Å². The molecule has 14 aromatic rings. The van der Waals surface area contributed by atoms with Crippen molar-refractivity contribution >= 4 is 167 Å². The lowest BCUT2D eigenvalue weighted by molar-refractivity contribution is 0.488. The van der Waals surface area contributed by atoms with E-state index in [0.717, 1.165) is 113 Å². The Labute approximate surface area is 562 Å². The van der Waals surface area contributed by atoms with E-state index in [-0.39, 0.29) is 13.4 Å². The lowest BCUT2D eigenvalue weighted by atomic mass is 9.30. The number of rotatable bonds is 10. The molecule has 0 aliphatic carbocycles. The Kier molecular flexibility index (Phi) is 12.8. The van der Waals surface area contributed by atoms with Crippen molar-refractivity contribution in [2.75, 3.05) is 29.4 Å². The minimum atomic E-state index is -2.46. The van der Waals surface area contributed by atoms with Gasteiger partial charge >= 0.3 is 0 Å². The molecule has 5 aliphatic rings. The first-order chi connectivity index (χ1) is 47.4. The number of ether oxygens (including phenoxy) is 1. The highest BCUT2D eigenvalue weighted by atomic mass is 28.3. The number of anilines is 18. The molecule has 0 radical (unpaired) electrons. The molecule has 7 nitrogen and oxygen atoms in total. The fourth-order valence-electron chi connectivity index (χ4n) is 16.2. The molecule has 5 heterocycles. The standard InChI is InChI=1S/C86H62B2N6OSi/c1-96(2)83-50-30-29-49-74(83)92(64-41-21-8-22-42-64)77-57-75-71(56-84(77)96)88-72-55-70-76(58-81(72)95-82-54-68(53-80(86(82)88)93(75)65-43-23-9-24-44-65)90(61-35-15-5-16-36-61)62-37-17-6-18-38-62)94(66-45-25-10-26-46-66)79-52-67(89(59-31-11-3-12-32-59)60-33-13-4-14-34-60)51-78-85(79)87(70)69-47-27-28-48-73(69)91(78)63-39-19-7-20-40-63/h3-58H,1-2H3. The number of nitrogens with zero attached hydrogens (tertiary/aromatic N) is 6. The van der Waals surface area contributed by atoms with Crippen LogP contribution in [0.3, 0.4) is 0 Å². The molecule has 452 valence electrons. The van der Waals surface area contributed by atoms with Gasteiger partial charge in [0.1, 0.15) is 19.6 Å². The third-order valence-electron chi connectivity index (χ3n) is 20.3. The summed E-state index contributed by atoms with van der Waals surface area (Å²) in [6.45, 7) is 4.65.